The smallest absolute Gasteiger partial charge is 0.259 e. The van der Waals surface area contributed by atoms with Crippen molar-refractivity contribution in [1.29, 1.82) is 0 Å². The molecule has 0 atom stereocenters. The summed E-state index contributed by atoms with van der Waals surface area (Å²) in [4.78, 5) is 16.3. The monoisotopic (exact) mass is 494 g/mol. The van der Waals surface area contributed by atoms with E-state index in [0.29, 0.717) is 0 Å². The van der Waals surface area contributed by atoms with Crippen molar-refractivity contribution in [3.8, 4) is 5.69 Å². The van der Waals surface area contributed by atoms with Crippen LogP contribution in [0, 0.1) is 17.8 Å². The maximum absolute atomic E-state index is 13.8. The minimum absolute atomic E-state index is 0.0308. The van der Waals surface area contributed by atoms with Crippen LogP contribution in [0.15, 0.2) is 60.8 Å². The fourth-order valence-corrected chi connectivity index (χ4v) is 8.31. The Morgan fingerprint density at radius 2 is 1.51 bits per heavy atom. The molecule has 5 heteroatoms. The zero-order valence-electron chi connectivity index (χ0n) is 21.7. The Hall–Kier alpha value is -2.92. The molecule has 0 unspecified atom stereocenters. The van der Waals surface area contributed by atoms with Gasteiger partial charge < -0.3 is 5.32 Å². The fourth-order valence-electron chi connectivity index (χ4n) is 8.31. The van der Waals surface area contributed by atoms with Crippen molar-refractivity contribution >= 4 is 11.6 Å². The SMILES string of the molecule is O=C(Nc1ccc(CN2CCCCC2)cc1)c1cn(-c2ccccc2)nc1C12CC3CC(CC(C3)C1)C2. The minimum Gasteiger partial charge on any atom is -0.322 e. The lowest BCUT2D eigenvalue weighted by Crippen LogP contribution is -2.49. The van der Waals surface area contributed by atoms with E-state index in [1.807, 2.05) is 29.1 Å². The molecular weight excluding hydrogens is 456 g/mol. The molecule has 1 aromatic heterocycles. The Morgan fingerprint density at radius 1 is 0.865 bits per heavy atom. The van der Waals surface area contributed by atoms with Gasteiger partial charge in [0.05, 0.1) is 16.9 Å². The summed E-state index contributed by atoms with van der Waals surface area (Å²) in [6, 6.07) is 18.7. The molecule has 5 aliphatic rings. The number of carbonyl (C=O) groups is 1. The number of rotatable bonds is 6. The summed E-state index contributed by atoms with van der Waals surface area (Å²) < 4.78 is 1.94. The Bertz CT molecular complexity index is 1220. The molecule has 192 valence electrons. The molecule has 5 nitrogen and oxygen atoms in total. The largest absolute Gasteiger partial charge is 0.322 e. The number of likely N-dealkylation sites (tertiary alicyclic amines) is 1. The second-order valence-electron chi connectivity index (χ2n) is 12.4. The number of aromatic nitrogens is 2. The first-order chi connectivity index (χ1) is 18.1. The Kier molecular flexibility index (Phi) is 5.92. The molecule has 4 saturated carbocycles. The summed E-state index contributed by atoms with van der Waals surface area (Å²) in [6.45, 7) is 3.38. The van der Waals surface area contributed by atoms with E-state index in [9.17, 15) is 4.79 Å². The van der Waals surface area contributed by atoms with Crippen LogP contribution in [-0.2, 0) is 12.0 Å². The van der Waals surface area contributed by atoms with Gasteiger partial charge in [0.1, 0.15) is 0 Å². The van der Waals surface area contributed by atoms with Crippen LogP contribution in [0.4, 0.5) is 5.69 Å². The highest BCUT2D eigenvalue weighted by atomic mass is 16.1. The lowest BCUT2D eigenvalue weighted by Gasteiger charge is -2.56. The number of benzene rings is 2. The highest BCUT2D eigenvalue weighted by Gasteiger charge is 2.53. The van der Waals surface area contributed by atoms with Gasteiger partial charge in [0.2, 0.25) is 0 Å². The number of hydrogen-bond donors (Lipinski definition) is 1. The van der Waals surface area contributed by atoms with E-state index in [1.54, 1.807) is 0 Å². The number of anilines is 1. The molecule has 8 rings (SSSR count). The molecule has 37 heavy (non-hydrogen) atoms. The van der Waals surface area contributed by atoms with Gasteiger partial charge in [-0.15, -0.1) is 0 Å². The summed E-state index contributed by atoms with van der Waals surface area (Å²) in [7, 11) is 0. The standard InChI is InChI=1S/C32H38N4O/c37-31(33-27-11-9-23(10-12-27)21-35-13-5-2-6-14-35)29-22-36(28-7-3-1-4-8-28)34-30(29)32-18-24-15-25(19-32)17-26(16-24)20-32/h1,3-4,7-12,22,24-26H,2,5-6,13-21H2,(H,33,37). The summed E-state index contributed by atoms with van der Waals surface area (Å²) in [6.07, 6.45) is 13.6. The molecule has 1 N–H and O–H groups in total. The van der Waals surface area contributed by atoms with E-state index >= 15 is 0 Å². The molecule has 1 saturated heterocycles. The van der Waals surface area contributed by atoms with Crippen molar-refractivity contribution in [2.24, 2.45) is 17.8 Å². The number of nitrogens with zero attached hydrogens (tertiary/aromatic N) is 3. The van der Waals surface area contributed by atoms with Crippen LogP contribution in [0.1, 0.15) is 79.4 Å². The van der Waals surface area contributed by atoms with E-state index in [-0.39, 0.29) is 11.3 Å². The molecular formula is C32H38N4O. The summed E-state index contributed by atoms with van der Waals surface area (Å²) in [5, 5.41) is 8.38. The number of para-hydroxylation sites is 1. The molecule has 0 spiro atoms. The van der Waals surface area contributed by atoms with Crippen LogP contribution in [0.3, 0.4) is 0 Å². The maximum atomic E-state index is 13.8. The first kappa shape index (κ1) is 23.2. The maximum Gasteiger partial charge on any atom is 0.259 e. The Labute approximate surface area is 220 Å². The van der Waals surface area contributed by atoms with Crippen molar-refractivity contribution in [2.75, 3.05) is 18.4 Å². The Morgan fingerprint density at radius 3 is 2.16 bits per heavy atom. The molecule has 5 fully saturated rings. The molecule has 0 radical (unpaired) electrons. The molecule has 1 amide bonds. The van der Waals surface area contributed by atoms with Crippen LogP contribution in [0.5, 0.6) is 0 Å². The predicted molar refractivity (Wildman–Crippen MR) is 147 cm³/mol. The molecule has 2 heterocycles. The van der Waals surface area contributed by atoms with Crippen molar-refractivity contribution in [1.82, 2.24) is 14.7 Å². The summed E-state index contributed by atoms with van der Waals surface area (Å²) >= 11 is 0. The van der Waals surface area contributed by atoms with Gasteiger partial charge in [-0.2, -0.15) is 5.10 Å². The first-order valence-electron chi connectivity index (χ1n) is 14.4. The number of carbonyl (C=O) groups excluding carboxylic acids is 1. The van der Waals surface area contributed by atoms with Gasteiger partial charge in [-0.1, -0.05) is 36.8 Å². The summed E-state index contributed by atoms with van der Waals surface area (Å²) in [5.41, 5.74) is 5.02. The van der Waals surface area contributed by atoms with Gasteiger partial charge >= 0.3 is 0 Å². The summed E-state index contributed by atoms with van der Waals surface area (Å²) in [5.74, 6) is 2.38. The molecule has 4 bridgehead atoms. The fraction of sp³-hybridized carbons (Fsp3) is 0.500. The van der Waals surface area contributed by atoms with E-state index in [2.05, 4.69) is 46.6 Å². The van der Waals surface area contributed by atoms with Gasteiger partial charge in [0, 0.05) is 23.8 Å². The Balaban J connectivity index is 1.16. The van der Waals surface area contributed by atoms with Crippen LogP contribution < -0.4 is 5.32 Å². The van der Waals surface area contributed by atoms with E-state index in [1.165, 1.54) is 76.4 Å². The van der Waals surface area contributed by atoms with Gasteiger partial charge in [-0.3, -0.25) is 9.69 Å². The average molecular weight is 495 g/mol. The first-order valence-corrected chi connectivity index (χ1v) is 14.4. The van der Waals surface area contributed by atoms with Crippen LogP contribution >= 0.6 is 0 Å². The van der Waals surface area contributed by atoms with Gasteiger partial charge in [-0.25, -0.2) is 4.68 Å². The van der Waals surface area contributed by atoms with Crippen molar-refractivity contribution < 1.29 is 4.79 Å². The van der Waals surface area contributed by atoms with Gasteiger partial charge in [0.15, 0.2) is 0 Å². The second kappa shape index (κ2) is 9.43. The third-order valence-electron chi connectivity index (χ3n) is 9.59. The number of nitrogens with one attached hydrogen (secondary N) is 1. The van der Waals surface area contributed by atoms with E-state index in [4.69, 9.17) is 5.10 Å². The highest BCUT2D eigenvalue weighted by molar-refractivity contribution is 6.05. The molecule has 2 aromatic carbocycles. The third-order valence-corrected chi connectivity index (χ3v) is 9.59. The predicted octanol–water partition coefficient (Wildman–Crippen LogP) is 6.58. The highest BCUT2D eigenvalue weighted by Crippen LogP contribution is 2.60. The number of piperidine rings is 1. The average Bonchev–Trinajstić information content (AvgIpc) is 3.37. The number of hydrogen-bond acceptors (Lipinski definition) is 3. The minimum atomic E-state index is -0.0308. The van der Waals surface area contributed by atoms with Crippen molar-refractivity contribution in [2.45, 2.75) is 69.7 Å². The molecule has 4 aliphatic carbocycles. The molecule has 1 aliphatic heterocycles. The van der Waals surface area contributed by atoms with E-state index in [0.717, 1.165) is 46.9 Å². The van der Waals surface area contributed by atoms with Crippen LogP contribution in [0.25, 0.3) is 5.69 Å². The van der Waals surface area contributed by atoms with Gasteiger partial charge in [0.25, 0.3) is 5.91 Å². The topological polar surface area (TPSA) is 50.2 Å². The van der Waals surface area contributed by atoms with Gasteiger partial charge in [-0.05, 0) is 112 Å². The van der Waals surface area contributed by atoms with Crippen molar-refractivity contribution in [3.05, 3.63) is 77.6 Å². The van der Waals surface area contributed by atoms with Crippen LogP contribution in [-0.4, -0.2) is 33.7 Å². The zero-order valence-corrected chi connectivity index (χ0v) is 21.7. The number of amides is 1. The lowest BCUT2D eigenvalue weighted by atomic mass is 9.48. The second-order valence-corrected chi connectivity index (χ2v) is 12.4. The third kappa shape index (κ3) is 4.52. The normalized spacial score (nSPS) is 28.9. The molecule has 3 aromatic rings. The van der Waals surface area contributed by atoms with Crippen molar-refractivity contribution in [3.63, 3.8) is 0 Å². The lowest BCUT2D eigenvalue weighted by molar-refractivity contribution is -0.00765. The van der Waals surface area contributed by atoms with E-state index < -0.39 is 0 Å². The van der Waals surface area contributed by atoms with Crippen LogP contribution in [0.2, 0.25) is 0 Å². The quantitative estimate of drug-likeness (QED) is 0.421. The zero-order chi connectivity index (χ0) is 24.8.